The second-order valence-corrected chi connectivity index (χ2v) is 5.66. The SMILES string of the molecule is COc1ccccc1-c1cc(NN=C(C)c2ccc(C)cc2)ncn1. The van der Waals surface area contributed by atoms with Gasteiger partial charge in [0, 0.05) is 11.6 Å². The van der Waals surface area contributed by atoms with Gasteiger partial charge in [-0.15, -0.1) is 0 Å². The second kappa shape index (κ2) is 7.57. The number of para-hydroxylation sites is 1. The van der Waals surface area contributed by atoms with Crippen molar-refractivity contribution in [2.45, 2.75) is 13.8 Å². The lowest BCUT2D eigenvalue weighted by Crippen LogP contribution is -2.01. The average molecular weight is 332 g/mol. The zero-order valence-electron chi connectivity index (χ0n) is 14.5. The van der Waals surface area contributed by atoms with Gasteiger partial charge in [0.2, 0.25) is 0 Å². The third kappa shape index (κ3) is 4.01. The molecule has 126 valence electrons. The Labute approximate surface area is 147 Å². The third-order valence-electron chi connectivity index (χ3n) is 3.86. The van der Waals surface area contributed by atoms with Gasteiger partial charge in [-0.1, -0.05) is 42.0 Å². The number of hydrogen-bond acceptors (Lipinski definition) is 5. The number of ether oxygens (including phenoxy) is 1. The van der Waals surface area contributed by atoms with Crippen LogP contribution >= 0.6 is 0 Å². The van der Waals surface area contributed by atoms with Crippen LogP contribution < -0.4 is 10.2 Å². The highest BCUT2D eigenvalue weighted by Crippen LogP contribution is 2.28. The van der Waals surface area contributed by atoms with E-state index in [-0.39, 0.29) is 0 Å². The summed E-state index contributed by atoms with van der Waals surface area (Å²) in [5.41, 5.74) is 7.87. The van der Waals surface area contributed by atoms with Crippen LogP contribution in [0.5, 0.6) is 5.75 Å². The maximum atomic E-state index is 5.40. The molecule has 0 bridgehead atoms. The summed E-state index contributed by atoms with van der Waals surface area (Å²) in [4.78, 5) is 8.56. The van der Waals surface area contributed by atoms with E-state index in [1.165, 1.54) is 11.9 Å². The maximum Gasteiger partial charge on any atom is 0.150 e. The molecular formula is C20H20N4O. The molecule has 0 fully saturated rings. The van der Waals surface area contributed by atoms with E-state index >= 15 is 0 Å². The summed E-state index contributed by atoms with van der Waals surface area (Å²) in [5, 5.41) is 4.42. The Hall–Kier alpha value is -3.21. The molecule has 0 spiro atoms. The standard InChI is InChI=1S/C20H20N4O/c1-14-8-10-16(11-9-14)15(2)23-24-20-12-18(21-13-22-20)17-6-4-5-7-19(17)25-3/h4-13H,1-3H3,(H,21,22,24). The molecule has 0 aliphatic rings. The first kappa shape index (κ1) is 16.6. The molecule has 0 unspecified atom stereocenters. The van der Waals surface area contributed by atoms with Crippen molar-refractivity contribution in [1.29, 1.82) is 0 Å². The van der Waals surface area contributed by atoms with Gasteiger partial charge in [0.05, 0.1) is 18.5 Å². The fraction of sp³-hybridized carbons (Fsp3) is 0.150. The topological polar surface area (TPSA) is 59.4 Å². The number of hydrazone groups is 1. The lowest BCUT2D eigenvalue weighted by atomic mass is 10.1. The second-order valence-electron chi connectivity index (χ2n) is 5.66. The van der Waals surface area contributed by atoms with E-state index in [4.69, 9.17) is 4.74 Å². The molecule has 1 N–H and O–H groups in total. The molecule has 0 saturated heterocycles. The van der Waals surface area contributed by atoms with E-state index in [0.717, 1.165) is 28.3 Å². The monoisotopic (exact) mass is 332 g/mol. The average Bonchev–Trinajstić information content (AvgIpc) is 2.67. The molecule has 0 amide bonds. The zero-order chi connectivity index (χ0) is 17.6. The highest BCUT2D eigenvalue weighted by atomic mass is 16.5. The molecule has 0 saturated carbocycles. The lowest BCUT2D eigenvalue weighted by molar-refractivity contribution is 0.416. The fourth-order valence-corrected chi connectivity index (χ4v) is 2.42. The van der Waals surface area contributed by atoms with E-state index in [1.807, 2.05) is 37.3 Å². The Morgan fingerprint density at radius 1 is 1.04 bits per heavy atom. The molecule has 3 rings (SSSR count). The highest BCUT2D eigenvalue weighted by molar-refractivity contribution is 5.99. The van der Waals surface area contributed by atoms with E-state index in [2.05, 4.69) is 51.7 Å². The summed E-state index contributed by atoms with van der Waals surface area (Å²) in [6.45, 7) is 4.02. The van der Waals surface area contributed by atoms with Crippen molar-refractivity contribution in [3.8, 4) is 17.0 Å². The van der Waals surface area contributed by atoms with Gasteiger partial charge in [0.1, 0.15) is 17.9 Å². The van der Waals surface area contributed by atoms with E-state index in [9.17, 15) is 0 Å². The summed E-state index contributed by atoms with van der Waals surface area (Å²) in [5.74, 6) is 1.40. The fourth-order valence-electron chi connectivity index (χ4n) is 2.42. The number of nitrogens with zero attached hydrogens (tertiary/aromatic N) is 3. The predicted molar refractivity (Wildman–Crippen MR) is 101 cm³/mol. The van der Waals surface area contributed by atoms with Crippen molar-refractivity contribution in [3.05, 3.63) is 72.1 Å². The van der Waals surface area contributed by atoms with Crippen LogP contribution in [0.1, 0.15) is 18.1 Å². The minimum atomic E-state index is 0.627. The molecule has 25 heavy (non-hydrogen) atoms. The number of benzene rings is 2. The maximum absolute atomic E-state index is 5.40. The van der Waals surface area contributed by atoms with Crippen molar-refractivity contribution in [2.24, 2.45) is 5.10 Å². The van der Waals surface area contributed by atoms with E-state index < -0.39 is 0 Å². The number of nitrogens with one attached hydrogen (secondary N) is 1. The first-order valence-electron chi connectivity index (χ1n) is 8.00. The number of anilines is 1. The Bertz CT molecular complexity index is 888. The van der Waals surface area contributed by atoms with Crippen molar-refractivity contribution in [3.63, 3.8) is 0 Å². The van der Waals surface area contributed by atoms with Crippen LogP contribution in [0.2, 0.25) is 0 Å². The summed E-state index contributed by atoms with van der Waals surface area (Å²) in [6, 6.07) is 17.8. The molecule has 5 heteroatoms. The number of aryl methyl sites for hydroxylation is 1. The van der Waals surface area contributed by atoms with Crippen LogP contribution in [0, 0.1) is 6.92 Å². The quantitative estimate of drug-likeness (QED) is 0.559. The normalized spacial score (nSPS) is 11.2. The van der Waals surface area contributed by atoms with Crippen LogP contribution in [-0.2, 0) is 0 Å². The molecule has 5 nitrogen and oxygen atoms in total. The van der Waals surface area contributed by atoms with Gasteiger partial charge in [-0.05, 0) is 31.5 Å². The molecule has 2 aromatic carbocycles. The van der Waals surface area contributed by atoms with Crippen molar-refractivity contribution in [1.82, 2.24) is 9.97 Å². The van der Waals surface area contributed by atoms with Crippen molar-refractivity contribution in [2.75, 3.05) is 12.5 Å². The Kier molecular flexibility index (Phi) is 5.04. The zero-order valence-corrected chi connectivity index (χ0v) is 14.5. The molecule has 1 aromatic heterocycles. The predicted octanol–water partition coefficient (Wildman–Crippen LogP) is 4.30. The van der Waals surface area contributed by atoms with Gasteiger partial charge in [-0.2, -0.15) is 5.10 Å². The molecule has 3 aromatic rings. The third-order valence-corrected chi connectivity index (χ3v) is 3.86. The molecular weight excluding hydrogens is 312 g/mol. The largest absolute Gasteiger partial charge is 0.496 e. The van der Waals surface area contributed by atoms with Gasteiger partial charge in [-0.25, -0.2) is 9.97 Å². The molecule has 0 aliphatic carbocycles. The first-order valence-corrected chi connectivity index (χ1v) is 8.00. The lowest BCUT2D eigenvalue weighted by Gasteiger charge is -2.08. The van der Waals surface area contributed by atoms with Crippen LogP contribution in [0.3, 0.4) is 0 Å². The highest BCUT2D eigenvalue weighted by Gasteiger charge is 2.07. The Morgan fingerprint density at radius 2 is 1.80 bits per heavy atom. The minimum Gasteiger partial charge on any atom is -0.496 e. The summed E-state index contributed by atoms with van der Waals surface area (Å²) in [7, 11) is 1.65. The summed E-state index contributed by atoms with van der Waals surface area (Å²) < 4.78 is 5.40. The molecule has 0 atom stereocenters. The van der Waals surface area contributed by atoms with Crippen LogP contribution in [0.15, 0.2) is 66.0 Å². The van der Waals surface area contributed by atoms with E-state index in [1.54, 1.807) is 7.11 Å². The van der Waals surface area contributed by atoms with Gasteiger partial charge >= 0.3 is 0 Å². The van der Waals surface area contributed by atoms with Gasteiger partial charge < -0.3 is 4.74 Å². The number of rotatable bonds is 5. The number of hydrogen-bond donors (Lipinski definition) is 1. The van der Waals surface area contributed by atoms with Gasteiger partial charge in [-0.3, -0.25) is 5.43 Å². The number of methoxy groups -OCH3 is 1. The van der Waals surface area contributed by atoms with E-state index in [0.29, 0.717) is 5.82 Å². The van der Waals surface area contributed by atoms with Crippen molar-refractivity contribution < 1.29 is 4.74 Å². The molecule has 1 heterocycles. The summed E-state index contributed by atoms with van der Waals surface area (Å²) >= 11 is 0. The van der Waals surface area contributed by atoms with Crippen LogP contribution in [0.4, 0.5) is 5.82 Å². The van der Waals surface area contributed by atoms with Gasteiger partial charge in [0.25, 0.3) is 0 Å². The molecule has 0 aliphatic heterocycles. The van der Waals surface area contributed by atoms with Crippen LogP contribution in [-0.4, -0.2) is 22.8 Å². The molecule has 0 radical (unpaired) electrons. The van der Waals surface area contributed by atoms with Gasteiger partial charge in [0.15, 0.2) is 0 Å². The first-order chi connectivity index (χ1) is 12.2. The Balaban J connectivity index is 1.82. The Morgan fingerprint density at radius 3 is 2.56 bits per heavy atom. The number of aromatic nitrogens is 2. The van der Waals surface area contributed by atoms with Crippen molar-refractivity contribution >= 4 is 11.5 Å². The smallest absolute Gasteiger partial charge is 0.150 e. The van der Waals surface area contributed by atoms with Crippen LogP contribution in [0.25, 0.3) is 11.3 Å². The summed E-state index contributed by atoms with van der Waals surface area (Å²) in [6.07, 6.45) is 1.51. The minimum absolute atomic E-state index is 0.627.